The molecule has 1 unspecified atom stereocenters. The minimum atomic E-state index is -2.31. The van der Waals surface area contributed by atoms with Crippen molar-refractivity contribution in [3.63, 3.8) is 0 Å². The number of para-hydroxylation sites is 1. The second-order valence-corrected chi connectivity index (χ2v) is 3.82. The highest BCUT2D eigenvalue weighted by molar-refractivity contribution is 6.12. The van der Waals surface area contributed by atoms with Crippen molar-refractivity contribution in [3.05, 3.63) is 29.8 Å². The van der Waals surface area contributed by atoms with Crippen LogP contribution in [0.3, 0.4) is 0 Å². The maximum atomic E-state index is 13.7. The molecule has 0 radical (unpaired) electrons. The highest BCUT2D eigenvalue weighted by Gasteiger charge is 2.30. The Hall–Kier alpha value is -1.91. The van der Waals surface area contributed by atoms with Crippen molar-refractivity contribution < 1.29 is 23.5 Å². The first-order valence-corrected chi connectivity index (χ1v) is 6.18. The van der Waals surface area contributed by atoms with Crippen LogP contribution in [0, 0.1) is 0 Å². The van der Waals surface area contributed by atoms with E-state index in [2.05, 4.69) is 4.74 Å². The lowest BCUT2D eigenvalue weighted by atomic mass is 10.1. The first-order chi connectivity index (χ1) is 9.11. The summed E-state index contributed by atoms with van der Waals surface area (Å²) in [6.45, 7) is 3.98. The van der Waals surface area contributed by atoms with E-state index in [0.29, 0.717) is 13.0 Å². The number of hydrogen-bond donors (Lipinski definition) is 0. The summed E-state index contributed by atoms with van der Waals surface area (Å²) in [5.74, 6) is -1.83. The van der Waals surface area contributed by atoms with Gasteiger partial charge in [0.2, 0.25) is 5.78 Å². The maximum absolute atomic E-state index is 13.7. The average molecular weight is 268 g/mol. The van der Waals surface area contributed by atoms with Gasteiger partial charge in [-0.15, -0.1) is 0 Å². The summed E-state index contributed by atoms with van der Waals surface area (Å²) in [4.78, 5) is 23.2. The number of alkyl halides is 1. The van der Waals surface area contributed by atoms with E-state index in [4.69, 9.17) is 4.74 Å². The van der Waals surface area contributed by atoms with Crippen LogP contribution in [-0.4, -0.2) is 31.1 Å². The number of benzene rings is 1. The van der Waals surface area contributed by atoms with Gasteiger partial charge in [0.15, 0.2) is 0 Å². The van der Waals surface area contributed by atoms with E-state index in [9.17, 15) is 14.0 Å². The summed E-state index contributed by atoms with van der Waals surface area (Å²) in [6.07, 6.45) is -1.74. The first kappa shape index (κ1) is 15.1. The molecule has 0 bridgehead atoms. The van der Waals surface area contributed by atoms with Crippen LogP contribution in [0.2, 0.25) is 0 Å². The van der Waals surface area contributed by atoms with Crippen LogP contribution < -0.4 is 4.74 Å². The van der Waals surface area contributed by atoms with E-state index >= 15 is 0 Å². The standard InChI is InChI=1S/C14H17FO4/c1-3-9-19-14(17)12(15)13(16)10-7-5-6-8-11(10)18-4-2/h5-8,12H,3-4,9H2,1-2H3. The van der Waals surface area contributed by atoms with Gasteiger partial charge >= 0.3 is 5.97 Å². The quantitative estimate of drug-likeness (QED) is 0.433. The van der Waals surface area contributed by atoms with Crippen LogP contribution in [0.25, 0.3) is 0 Å². The van der Waals surface area contributed by atoms with Crippen LogP contribution in [0.1, 0.15) is 30.6 Å². The molecule has 0 saturated heterocycles. The summed E-state index contributed by atoms with van der Waals surface area (Å²) >= 11 is 0. The van der Waals surface area contributed by atoms with Crippen molar-refractivity contribution in [2.75, 3.05) is 13.2 Å². The Morgan fingerprint density at radius 1 is 1.26 bits per heavy atom. The minimum absolute atomic E-state index is 0.0466. The fourth-order valence-corrected chi connectivity index (χ4v) is 1.47. The monoisotopic (exact) mass is 268 g/mol. The highest BCUT2D eigenvalue weighted by Crippen LogP contribution is 2.21. The molecule has 0 saturated carbocycles. The van der Waals surface area contributed by atoms with Crippen molar-refractivity contribution in [3.8, 4) is 5.75 Å². The van der Waals surface area contributed by atoms with E-state index in [-0.39, 0.29) is 17.9 Å². The number of ketones is 1. The van der Waals surface area contributed by atoms with Gasteiger partial charge in [-0.2, -0.15) is 0 Å². The molecule has 5 heteroatoms. The zero-order chi connectivity index (χ0) is 14.3. The largest absolute Gasteiger partial charge is 0.493 e. The Morgan fingerprint density at radius 2 is 1.95 bits per heavy atom. The van der Waals surface area contributed by atoms with Crippen LogP contribution in [-0.2, 0) is 9.53 Å². The Balaban J connectivity index is 2.84. The molecule has 0 heterocycles. The Bertz CT molecular complexity index is 445. The molecule has 4 nitrogen and oxygen atoms in total. The van der Waals surface area contributed by atoms with Gasteiger partial charge in [-0.05, 0) is 25.5 Å². The number of Topliss-reactive ketones (excluding diaryl/α,β-unsaturated/α-hetero) is 1. The fraction of sp³-hybridized carbons (Fsp3) is 0.429. The maximum Gasteiger partial charge on any atom is 0.349 e. The number of rotatable bonds is 7. The van der Waals surface area contributed by atoms with Gasteiger partial charge in [0.05, 0.1) is 18.8 Å². The normalized spacial score (nSPS) is 11.7. The number of halogens is 1. The van der Waals surface area contributed by atoms with Gasteiger partial charge in [-0.3, -0.25) is 4.79 Å². The summed E-state index contributed by atoms with van der Waals surface area (Å²) < 4.78 is 23.6. The molecule has 0 aliphatic rings. The number of esters is 1. The molecule has 1 rings (SSSR count). The lowest BCUT2D eigenvalue weighted by molar-refractivity contribution is -0.147. The van der Waals surface area contributed by atoms with Crippen LogP contribution in [0.4, 0.5) is 4.39 Å². The zero-order valence-corrected chi connectivity index (χ0v) is 11.0. The summed E-state index contributed by atoms with van der Waals surface area (Å²) in [5.41, 5.74) is 0.0466. The topological polar surface area (TPSA) is 52.6 Å². The molecule has 1 atom stereocenters. The predicted molar refractivity (Wildman–Crippen MR) is 68.1 cm³/mol. The van der Waals surface area contributed by atoms with Gasteiger partial charge in [0.25, 0.3) is 6.17 Å². The second-order valence-electron chi connectivity index (χ2n) is 3.82. The van der Waals surface area contributed by atoms with E-state index < -0.39 is 17.9 Å². The van der Waals surface area contributed by atoms with Gasteiger partial charge in [0.1, 0.15) is 5.75 Å². The minimum Gasteiger partial charge on any atom is -0.493 e. The third-order valence-corrected chi connectivity index (χ3v) is 2.34. The van der Waals surface area contributed by atoms with Gasteiger partial charge in [-0.1, -0.05) is 19.1 Å². The highest BCUT2D eigenvalue weighted by atomic mass is 19.1. The molecule has 0 spiro atoms. The number of ether oxygens (including phenoxy) is 2. The second kappa shape index (κ2) is 7.51. The summed E-state index contributed by atoms with van der Waals surface area (Å²) in [6, 6.07) is 6.23. The molecular formula is C14H17FO4. The van der Waals surface area contributed by atoms with Crippen molar-refractivity contribution in [2.45, 2.75) is 26.4 Å². The lowest BCUT2D eigenvalue weighted by Gasteiger charge is -2.11. The van der Waals surface area contributed by atoms with Gasteiger partial charge in [0, 0.05) is 0 Å². The Morgan fingerprint density at radius 3 is 2.58 bits per heavy atom. The molecule has 19 heavy (non-hydrogen) atoms. The average Bonchev–Trinajstić information content (AvgIpc) is 2.44. The molecule has 104 valence electrons. The third-order valence-electron chi connectivity index (χ3n) is 2.34. The smallest absolute Gasteiger partial charge is 0.349 e. The van der Waals surface area contributed by atoms with Crippen LogP contribution in [0.15, 0.2) is 24.3 Å². The molecule has 0 N–H and O–H groups in total. The number of hydrogen-bond acceptors (Lipinski definition) is 4. The predicted octanol–water partition coefficient (Wildman–Crippen LogP) is 2.56. The van der Waals surface area contributed by atoms with E-state index in [0.717, 1.165) is 0 Å². The third kappa shape index (κ3) is 4.05. The molecule has 0 aliphatic carbocycles. The Kier molecular flexibility index (Phi) is 5.99. The SMILES string of the molecule is CCCOC(=O)C(F)C(=O)c1ccccc1OCC. The van der Waals surface area contributed by atoms with Crippen LogP contribution in [0.5, 0.6) is 5.75 Å². The molecule has 0 fully saturated rings. The summed E-state index contributed by atoms with van der Waals surface area (Å²) in [5, 5.41) is 0. The molecular weight excluding hydrogens is 251 g/mol. The van der Waals surface area contributed by atoms with Crippen molar-refractivity contribution >= 4 is 11.8 Å². The molecule has 1 aromatic rings. The first-order valence-electron chi connectivity index (χ1n) is 6.18. The number of carbonyl (C=O) groups is 2. The molecule has 0 aromatic heterocycles. The molecule has 0 amide bonds. The van der Waals surface area contributed by atoms with Crippen LogP contribution >= 0.6 is 0 Å². The molecule has 1 aromatic carbocycles. The van der Waals surface area contributed by atoms with Gasteiger partial charge < -0.3 is 9.47 Å². The lowest BCUT2D eigenvalue weighted by Crippen LogP contribution is -2.28. The Labute approximate surface area is 111 Å². The van der Waals surface area contributed by atoms with Gasteiger partial charge in [-0.25, -0.2) is 9.18 Å². The van der Waals surface area contributed by atoms with Crippen molar-refractivity contribution in [2.24, 2.45) is 0 Å². The zero-order valence-electron chi connectivity index (χ0n) is 11.0. The van der Waals surface area contributed by atoms with Crippen molar-refractivity contribution in [1.82, 2.24) is 0 Å². The fourth-order valence-electron chi connectivity index (χ4n) is 1.47. The van der Waals surface area contributed by atoms with E-state index in [1.54, 1.807) is 32.0 Å². The van der Waals surface area contributed by atoms with Crippen molar-refractivity contribution in [1.29, 1.82) is 0 Å². The van der Waals surface area contributed by atoms with E-state index in [1.807, 2.05) is 0 Å². The molecule has 0 aliphatic heterocycles. The number of carbonyl (C=O) groups excluding carboxylic acids is 2. The summed E-state index contributed by atoms with van der Waals surface area (Å²) in [7, 11) is 0. The van der Waals surface area contributed by atoms with E-state index in [1.165, 1.54) is 6.07 Å².